The molecule has 0 bridgehead atoms. The number of ether oxygens (including phenoxy) is 1. The second-order valence-electron chi connectivity index (χ2n) is 6.92. The number of hydrogen-bond donors (Lipinski definition) is 2. The lowest BCUT2D eigenvalue weighted by molar-refractivity contribution is -0.127. The van der Waals surface area contributed by atoms with Crippen molar-refractivity contribution in [3.05, 3.63) is 0 Å². The van der Waals surface area contributed by atoms with E-state index in [0.717, 1.165) is 32.1 Å². The monoisotopic (exact) mass is 353 g/mol. The second kappa shape index (κ2) is 9.63. The molecule has 1 aliphatic heterocycles. The third-order valence-electron chi connectivity index (χ3n) is 4.91. The molecule has 1 saturated heterocycles. The fourth-order valence-electron chi connectivity index (χ4n) is 3.22. The van der Waals surface area contributed by atoms with Crippen LogP contribution in [-0.4, -0.2) is 55.1 Å². The summed E-state index contributed by atoms with van der Waals surface area (Å²) in [7, 11) is 0. The van der Waals surface area contributed by atoms with E-state index < -0.39 is 0 Å². The van der Waals surface area contributed by atoms with E-state index >= 15 is 0 Å². The van der Waals surface area contributed by atoms with Crippen LogP contribution in [0.5, 0.6) is 0 Å². The Hall–Kier alpha value is -1.79. The normalized spacial score (nSPS) is 23.0. The first kappa shape index (κ1) is 19.5. The third-order valence-corrected chi connectivity index (χ3v) is 4.91. The Balaban J connectivity index is 1.63. The van der Waals surface area contributed by atoms with Crippen molar-refractivity contribution < 1.29 is 19.1 Å². The van der Waals surface area contributed by atoms with Crippen molar-refractivity contribution in [2.45, 2.75) is 58.4 Å². The number of likely N-dealkylation sites (tertiary alicyclic amines) is 1. The van der Waals surface area contributed by atoms with Crippen LogP contribution in [0.4, 0.5) is 4.79 Å². The standard InChI is InChI=1S/C18H31N3O4/c1-3-5-6-9-19-16(22)14-12-15(14)17(23)20-13-7-10-21(11-8-13)18(24)25-4-2/h13-15H,3-12H2,1-2H3,(H,19,22)(H,20,23). The predicted octanol–water partition coefficient (Wildman–Crippen LogP) is 1.67. The molecule has 2 atom stereocenters. The molecule has 7 heteroatoms. The van der Waals surface area contributed by atoms with Crippen molar-refractivity contribution in [3.8, 4) is 0 Å². The number of nitrogens with zero attached hydrogens (tertiary/aromatic N) is 1. The van der Waals surface area contributed by atoms with Crippen molar-refractivity contribution in [1.29, 1.82) is 0 Å². The zero-order valence-corrected chi connectivity index (χ0v) is 15.4. The van der Waals surface area contributed by atoms with Gasteiger partial charge in [0.1, 0.15) is 0 Å². The van der Waals surface area contributed by atoms with Crippen LogP contribution in [-0.2, 0) is 14.3 Å². The number of unbranched alkanes of at least 4 members (excludes halogenated alkanes) is 2. The van der Waals surface area contributed by atoms with Crippen LogP contribution < -0.4 is 10.6 Å². The summed E-state index contributed by atoms with van der Waals surface area (Å²) in [6, 6.07) is 0.0760. The van der Waals surface area contributed by atoms with Gasteiger partial charge in [-0.05, 0) is 32.6 Å². The molecule has 2 aliphatic rings. The summed E-state index contributed by atoms with van der Waals surface area (Å²) in [5.41, 5.74) is 0. The molecule has 1 aliphatic carbocycles. The lowest BCUT2D eigenvalue weighted by atomic mass is 10.1. The topological polar surface area (TPSA) is 87.7 Å². The summed E-state index contributed by atoms with van der Waals surface area (Å²) in [4.78, 5) is 37.6. The molecule has 2 rings (SSSR count). The van der Waals surface area contributed by atoms with Crippen LogP contribution in [0, 0.1) is 11.8 Å². The number of carbonyl (C=O) groups excluding carboxylic acids is 3. The van der Waals surface area contributed by atoms with E-state index in [9.17, 15) is 14.4 Å². The van der Waals surface area contributed by atoms with Crippen molar-refractivity contribution in [1.82, 2.24) is 15.5 Å². The van der Waals surface area contributed by atoms with E-state index in [0.29, 0.717) is 32.7 Å². The van der Waals surface area contributed by atoms with E-state index in [-0.39, 0.29) is 35.8 Å². The Labute approximate surface area is 149 Å². The van der Waals surface area contributed by atoms with Crippen molar-refractivity contribution in [2.75, 3.05) is 26.2 Å². The summed E-state index contributed by atoms with van der Waals surface area (Å²) in [5, 5.41) is 5.96. The third kappa shape index (κ3) is 5.90. The number of carbonyl (C=O) groups is 3. The van der Waals surface area contributed by atoms with Gasteiger partial charge in [-0.15, -0.1) is 0 Å². The van der Waals surface area contributed by atoms with Crippen molar-refractivity contribution >= 4 is 17.9 Å². The second-order valence-corrected chi connectivity index (χ2v) is 6.92. The van der Waals surface area contributed by atoms with Gasteiger partial charge in [-0.2, -0.15) is 0 Å². The summed E-state index contributed by atoms with van der Waals surface area (Å²) in [5.74, 6) is -0.368. The molecule has 1 heterocycles. The molecular weight excluding hydrogens is 322 g/mol. The quantitative estimate of drug-likeness (QED) is 0.650. The Morgan fingerprint density at radius 3 is 2.36 bits per heavy atom. The van der Waals surface area contributed by atoms with Crippen LogP contribution in [0.1, 0.15) is 52.4 Å². The first-order chi connectivity index (χ1) is 12.1. The maximum absolute atomic E-state index is 12.3. The number of hydrogen-bond acceptors (Lipinski definition) is 4. The molecule has 2 unspecified atom stereocenters. The van der Waals surface area contributed by atoms with Gasteiger partial charge in [-0.25, -0.2) is 4.79 Å². The molecule has 0 aromatic heterocycles. The van der Waals surface area contributed by atoms with E-state index in [2.05, 4.69) is 17.6 Å². The molecule has 142 valence electrons. The van der Waals surface area contributed by atoms with Gasteiger partial charge in [0.25, 0.3) is 0 Å². The molecule has 3 amide bonds. The fourth-order valence-corrected chi connectivity index (χ4v) is 3.22. The zero-order valence-electron chi connectivity index (χ0n) is 15.4. The Morgan fingerprint density at radius 1 is 1.04 bits per heavy atom. The predicted molar refractivity (Wildman–Crippen MR) is 93.9 cm³/mol. The molecule has 7 nitrogen and oxygen atoms in total. The highest BCUT2D eigenvalue weighted by Crippen LogP contribution is 2.39. The van der Waals surface area contributed by atoms with Gasteiger partial charge >= 0.3 is 6.09 Å². The number of piperidine rings is 1. The highest BCUT2D eigenvalue weighted by Gasteiger charge is 2.48. The lowest BCUT2D eigenvalue weighted by Gasteiger charge is -2.31. The number of nitrogens with one attached hydrogen (secondary N) is 2. The van der Waals surface area contributed by atoms with Gasteiger partial charge in [0.15, 0.2) is 0 Å². The summed E-state index contributed by atoms with van der Waals surface area (Å²) < 4.78 is 4.99. The van der Waals surface area contributed by atoms with Crippen molar-refractivity contribution in [2.24, 2.45) is 11.8 Å². The molecule has 25 heavy (non-hydrogen) atoms. The molecule has 2 N–H and O–H groups in total. The molecule has 0 radical (unpaired) electrons. The lowest BCUT2D eigenvalue weighted by Crippen LogP contribution is -2.47. The molecule has 1 saturated carbocycles. The average Bonchev–Trinajstić information content (AvgIpc) is 3.40. The van der Waals surface area contributed by atoms with E-state index in [1.54, 1.807) is 11.8 Å². The van der Waals surface area contributed by atoms with Gasteiger partial charge < -0.3 is 20.3 Å². The SMILES string of the molecule is CCCCCNC(=O)C1CC1C(=O)NC1CCN(C(=O)OCC)CC1. The highest BCUT2D eigenvalue weighted by atomic mass is 16.6. The summed E-state index contributed by atoms with van der Waals surface area (Å²) in [6.45, 7) is 6.17. The first-order valence-corrected chi connectivity index (χ1v) is 9.56. The van der Waals surface area contributed by atoms with Gasteiger partial charge in [0.2, 0.25) is 11.8 Å². The van der Waals surface area contributed by atoms with Gasteiger partial charge in [0.05, 0.1) is 18.4 Å². The molecule has 0 aromatic rings. The van der Waals surface area contributed by atoms with Gasteiger partial charge in [-0.1, -0.05) is 19.8 Å². The number of rotatable bonds is 8. The van der Waals surface area contributed by atoms with Crippen molar-refractivity contribution in [3.63, 3.8) is 0 Å². The Morgan fingerprint density at radius 2 is 1.72 bits per heavy atom. The van der Waals surface area contributed by atoms with E-state index in [4.69, 9.17) is 4.74 Å². The largest absolute Gasteiger partial charge is 0.450 e. The zero-order chi connectivity index (χ0) is 18.2. The molecule has 2 fully saturated rings. The minimum Gasteiger partial charge on any atom is -0.450 e. The van der Waals surface area contributed by atoms with E-state index in [1.807, 2.05) is 0 Å². The minimum atomic E-state index is -0.283. The Bertz CT molecular complexity index is 475. The number of amides is 3. The Kier molecular flexibility index (Phi) is 7.52. The first-order valence-electron chi connectivity index (χ1n) is 9.56. The summed E-state index contributed by atoms with van der Waals surface area (Å²) >= 11 is 0. The van der Waals surface area contributed by atoms with E-state index in [1.165, 1.54) is 0 Å². The molecule has 0 aromatic carbocycles. The smallest absolute Gasteiger partial charge is 0.409 e. The van der Waals surface area contributed by atoms with Crippen LogP contribution >= 0.6 is 0 Å². The highest BCUT2D eigenvalue weighted by molar-refractivity contribution is 5.92. The maximum Gasteiger partial charge on any atom is 0.409 e. The van der Waals surface area contributed by atoms with Crippen LogP contribution in [0.15, 0.2) is 0 Å². The van der Waals surface area contributed by atoms with Gasteiger partial charge in [0, 0.05) is 25.7 Å². The van der Waals surface area contributed by atoms with Crippen LogP contribution in [0.25, 0.3) is 0 Å². The molecular formula is C18H31N3O4. The van der Waals surface area contributed by atoms with Gasteiger partial charge in [-0.3, -0.25) is 9.59 Å². The van der Waals surface area contributed by atoms with Crippen LogP contribution in [0.2, 0.25) is 0 Å². The fraction of sp³-hybridized carbons (Fsp3) is 0.833. The molecule has 0 spiro atoms. The minimum absolute atomic E-state index is 0.00776. The maximum atomic E-state index is 12.3. The summed E-state index contributed by atoms with van der Waals surface area (Å²) in [6.07, 6.45) is 5.04. The van der Waals surface area contributed by atoms with Crippen LogP contribution in [0.3, 0.4) is 0 Å². The average molecular weight is 353 g/mol.